The van der Waals surface area contributed by atoms with Crippen molar-refractivity contribution in [3.05, 3.63) is 54.7 Å². The maximum atomic E-state index is 12.8. The SMILES string of the molecule is Nc1cccc2c1ccn2-c1ccc(F)nc1. The van der Waals surface area contributed by atoms with E-state index in [9.17, 15) is 4.39 Å². The van der Waals surface area contributed by atoms with Gasteiger partial charge in [-0.05, 0) is 30.3 Å². The number of hydrogen-bond acceptors (Lipinski definition) is 2. The Kier molecular flexibility index (Phi) is 2.08. The van der Waals surface area contributed by atoms with Crippen LogP contribution in [-0.4, -0.2) is 9.55 Å². The zero-order chi connectivity index (χ0) is 11.8. The van der Waals surface area contributed by atoms with Crippen molar-refractivity contribution in [1.29, 1.82) is 0 Å². The molecule has 1 aromatic carbocycles. The van der Waals surface area contributed by atoms with Gasteiger partial charge in [0.1, 0.15) is 0 Å². The van der Waals surface area contributed by atoms with Crippen molar-refractivity contribution < 1.29 is 4.39 Å². The van der Waals surface area contributed by atoms with E-state index in [2.05, 4.69) is 4.98 Å². The number of hydrogen-bond donors (Lipinski definition) is 1. The molecule has 0 atom stereocenters. The fourth-order valence-corrected chi connectivity index (χ4v) is 1.93. The Balaban J connectivity index is 2.24. The lowest BCUT2D eigenvalue weighted by Crippen LogP contribution is -1.94. The van der Waals surface area contributed by atoms with Crippen LogP contribution in [0, 0.1) is 5.95 Å². The molecule has 3 aromatic rings. The van der Waals surface area contributed by atoms with Crippen LogP contribution in [-0.2, 0) is 0 Å². The summed E-state index contributed by atoms with van der Waals surface area (Å²) >= 11 is 0. The molecule has 0 aliphatic rings. The minimum atomic E-state index is -0.482. The van der Waals surface area contributed by atoms with E-state index in [-0.39, 0.29) is 0 Å². The number of benzene rings is 1. The summed E-state index contributed by atoms with van der Waals surface area (Å²) in [5, 5.41) is 0.983. The summed E-state index contributed by atoms with van der Waals surface area (Å²) in [5.41, 5.74) is 8.41. The Labute approximate surface area is 97.3 Å². The van der Waals surface area contributed by atoms with Gasteiger partial charge in [-0.1, -0.05) is 6.07 Å². The average molecular weight is 227 g/mol. The van der Waals surface area contributed by atoms with Gasteiger partial charge in [0.15, 0.2) is 0 Å². The zero-order valence-electron chi connectivity index (χ0n) is 8.97. The Morgan fingerprint density at radius 1 is 1.12 bits per heavy atom. The maximum Gasteiger partial charge on any atom is 0.212 e. The molecule has 0 fully saturated rings. The molecule has 0 aliphatic carbocycles. The van der Waals surface area contributed by atoms with Crippen LogP contribution in [0.2, 0.25) is 0 Å². The summed E-state index contributed by atoms with van der Waals surface area (Å²) in [5.74, 6) is -0.482. The molecule has 2 aromatic heterocycles. The van der Waals surface area contributed by atoms with Crippen LogP contribution in [0.3, 0.4) is 0 Å². The van der Waals surface area contributed by atoms with E-state index >= 15 is 0 Å². The normalized spacial score (nSPS) is 10.9. The van der Waals surface area contributed by atoms with Crippen molar-refractivity contribution in [2.24, 2.45) is 0 Å². The predicted molar refractivity (Wildman–Crippen MR) is 65.4 cm³/mol. The van der Waals surface area contributed by atoms with Gasteiger partial charge in [-0.3, -0.25) is 0 Å². The molecular weight excluding hydrogens is 217 g/mol. The third kappa shape index (κ3) is 1.54. The monoisotopic (exact) mass is 227 g/mol. The van der Waals surface area contributed by atoms with E-state index in [1.807, 2.05) is 35.0 Å². The van der Waals surface area contributed by atoms with Gasteiger partial charge in [-0.25, -0.2) is 4.98 Å². The average Bonchev–Trinajstić information content (AvgIpc) is 2.75. The summed E-state index contributed by atoms with van der Waals surface area (Å²) in [7, 11) is 0. The second kappa shape index (κ2) is 3.59. The molecule has 3 nitrogen and oxygen atoms in total. The smallest absolute Gasteiger partial charge is 0.212 e. The number of aromatic nitrogens is 2. The Morgan fingerprint density at radius 3 is 2.76 bits per heavy atom. The molecule has 0 radical (unpaired) electrons. The highest BCUT2D eigenvalue weighted by Crippen LogP contribution is 2.24. The number of anilines is 1. The van der Waals surface area contributed by atoms with E-state index in [0.29, 0.717) is 0 Å². The lowest BCUT2D eigenvalue weighted by molar-refractivity contribution is 0.583. The van der Waals surface area contributed by atoms with Crippen LogP contribution in [0.5, 0.6) is 0 Å². The molecule has 17 heavy (non-hydrogen) atoms. The minimum absolute atomic E-state index is 0.482. The molecule has 0 bridgehead atoms. The Bertz CT molecular complexity index is 671. The van der Waals surface area contributed by atoms with Crippen molar-refractivity contribution >= 4 is 16.6 Å². The summed E-state index contributed by atoms with van der Waals surface area (Å²) in [6, 6.07) is 10.7. The van der Waals surface area contributed by atoms with Crippen LogP contribution in [0.1, 0.15) is 0 Å². The first-order valence-corrected chi connectivity index (χ1v) is 5.23. The van der Waals surface area contributed by atoms with Crippen LogP contribution in [0.15, 0.2) is 48.8 Å². The largest absolute Gasteiger partial charge is 0.398 e. The fraction of sp³-hybridized carbons (Fsp3) is 0. The fourth-order valence-electron chi connectivity index (χ4n) is 1.93. The highest BCUT2D eigenvalue weighted by molar-refractivity contribution is 5.92. The van der Waals surface area contributed by atoms with Crippen LogP contribution in [0.25, 0.3) is 16.6 Å². The first kappa shape index (κ1) is 9.84. The minimum Gasteiger partial charge on any atom is -0.398 e. The number of nitrogens with two attached hydrogens (primary N) is 1. The van der Waals surface area contributed by atoms with Gasteiger partial charge < -0.3 is 10.3 Å². The van der Waals surface area contributed by atoms with Gasteiger partial charge >= 0.3 is 0 Å². The molecular formula is C13H10FN3. The zero-order valence-corrected chi connectivity index (χ0v) is 8.97. The molecule has 4 heteroatoms. The van der Waals surface area contributed by atoms with Gasteiger partial charge in [-0.2, -0.15) is 4.39 Å². The molecule has 0 aliphatic heterocycles. The van der Waals surface area contributed by atoms with E-state index in [0.717, 1.165) is 22.3 Å². The third-order valence-electron chi connectivity index (χ3n) is 2.76. The summed E-state index contributed by atoms with van der Waals surface area (Å²) < 4.78 is 14.7. The first-order chi connectivity index (χ1) is 8.25. The number of pyridine rings is 1. The number of rotatable bonds is 1. The van der Waals surface area contributed by atoms with Crippen LogP contribution >= 0.6 is 0 Å². The number of fused-ring (bicyclic) bond motifs is 1. The summed E-state index contributed by atoms with van der Waals surface area (Å²) in [6.45, 7) is 0. The Hall–Kier alpha value is -2.36. The second-order valence-electron chi connectivity index (χ2n) is 3.80. The van der Waals surface area contributed by atoms with E-state index in [1.54, 1.807) is 6.07 Å². The lowest BCUT2D eigenvalue weighted by Gasteiger charge is -2.05. The molecule has 2 heterocycles. The van der Waals surface area contributed by atoms with Gasteiger partial charge in [0, 0.05) is 17.3 Å². The van der Waals surface area contributed by atoms with E-state index in [4.69, 9.17) is 5.73 Å². The highest BCUT2D eigenvalue weighted by Gasteiger charge is 2.05. The standard InChI is InChI=1S/C13H10FN3/c14-13-5-4-9(8-16-13)17-7-6-10-11(15)2-1-3-12(10)17/h1-8H,15H2. The van der Waals surface area contributed by atoms with E-state index in [1.165, 1.54) is 12.3 Å². The topological polar surface area (TPSA) is 43.8 Å². The number of halogens is 1. The molecule has 84 valence electrons. The number of nitrogen functional groups attached to an aromatic ring is 1. The summed E-state index contributed by atoms with van der Waals surface area (Å²) in [6.07, 6.45) is 3.40. The molecule has 3 rings (SSSR count). The quantitative estimate of drug-likeness (QED) is 0.513. The molecule has 0 amide bonds. The van der Waals surface area contributed by atoms with Gasteiger partial charge in [-0.15, -0.1) is 0 Å². The second-order valence-corrected chi connectivity index (χ2v) is 3.80. The van der Waals surface area contributed by atoms with Gasteiger partial charge in [0.25, 0.3) is 0 Å². The van der Waals surface area contributed by atoms with Crippen molar-refractivity contribution in [3.8, 4) is 5.69 Å². The third-order valence-corrected chi connectivity index (χ3v) is 2.76. The first-order valence-electron chi connectivity index (χ1n) is 5.23. The van der Waals surface area contributed by atoms with Crippen molar-refractivity contribution in [2.75, 3.05) is 5.73 Å². The van der Waals surface area contributed by atoms with Crippen molar-refractivity contribution in [2.45, 2.75) is 0 Å². The van der Waals surface area contributed by atoms with Crippen molar-refractivity contribution in [3.63, 3.8) is 0 Å². The molecule has 0 saturated carbocycles. The maximum absolute atomic E-state index is 12.8. The highest BCUT2D eigenvalue weighted by atomic mass is 19.1. The Morgan fingerprint density at radius 2 is 2.00 bits per heavy atom. The lowest BCUT2D eigenvalue weighted by atomic mass is 10.2. The van der Waals surface area contributed by atoms with Crippen LogP contribution < -0.4 is 5.73 Å². The predicted octanol–water partition coefficient (Wildman–Crippen LogP) is 2.75. The molecule has 0 saturated heterocycles. The van der Waals surface area contributed by atoms with Gasteiger partial charge in [0.2, 0.25) is 5.95 Å². The van der Waals surface area contributed by atoms with E-state index < -0.39 is 5.95 Å². The van der Waals surface area contributed by atoms with Crippen molar-refractivity contribution in [1.82, 2.24) is 9.55 Å². The van der Waals surface area contributed by atoms with Crippen LogP contribution in [0.4, 0.5) is 10.1 Å². The molecule has 0 unspecified atom stereocenters. The number of nitrogens with zero attached hydrogens (tertiary/aromatic N) is 2. The van der Waals surface area contributed by atoms with Gasteiger partial charge in [0.05, 0.1) is 17.4 Å². The molecule has 2 N–H and O–H groups in total. The summed E-state index contributed by atoms with van der Waals surface area (Å²) in [4.78, 5) is 3.65. The molecule has 0 spiro atoms.